The molecule has 150 valence electrons. The maximum Gasteiger partial charge on any atom is 0.340 e. The summed E-state index contributed by atoms with van der Waals surface area (Å²) >= 11 is 3.14. The zero-order valence-corrected chi connectivity index (χ0v) is 17.5. The minimum atomic E-state index is -1.12. The van der Waals surface area contributed by atoms with Gasteiger partial charge in [-0.25, -0.2) is 18.9 Å². The Bertz CT molecular complexity index is 1070. The maximum absolute atomic E-state index is 13.8. The van der Waals surface area contributed by atoms with Gasteiger partial charge in [0.25, 0.3) is 5.91 Å². The Morgan fingerprint density at radius 1 is 1.21 bits per heavy atom. The lowest BCUT2D eigenvalue weighted by atomic mass is 10.2. The van der Waals surface area contributed by atoms with Gasteiger partial charge in [0, 0.05) is 16.4 Å². The summed E-state index contributed by atoms with van der Waals surface area (Å²) in [6, 6.07) is 9.32. The molecule has 1 atom stereocenters. The summed E-state index contributed by atoms with van der Waals surface area (Å²) in [7, 11) is 0. The molecule has 0 saturated heterocycles. The van der Waals surface area contributed by atoms with Crippen molar-refractivity contribution in [3.05, 3.63) is 69.8 Å². The van der Waals surface area contributed by atoms with E-state index in [1.807, 2.05) is 19.9 Å². The first-order valence-corrected chi connectivity index (χ1v) is 9.50. The first kappa shape index (κ1) is 20.7. The van der Waals surface area contributed by atoms with Crippen LogP contribution in [0.15, 0.2) is 47.1 Å². The molecule has 0 aliphatic rings. The number of aryl methyl sites for hydroxylation is 2. The molecule has 2 heterocycles. The largest absolute Gasteiger partial charge is 0.449 e. The number of rotatable bonds is 5. The van der Waals surface area contributed by atoms with Crippen LogP contribution in [0.3, 0.4) is 0 Å². The first-order valence-electron chi connectivity index (χ1n) is 8.71. The lowest BCUT2D eigenvalue weighted by Crippen LogP contribution is -2.30. The van der Waals surface area contributed by atoms with E-state index in [4.69, 9.17) is 4.74 Å². The Kier molecular flexibility index (Phi) is 6.07. The van der Waals surface area contributed by atoms with E-state index in [2.05, 4.69) is 31.3 Å². The van der Waals surface area contributed by atoms with Crippen molar-refractivity contribution in [2.75, 3.05) is 5.32 Å². The highest BCUT2D eigenvalue weighted by Crippen LogP contribution is 2.20. The zero-order valence-electron chi connectivity index (χ0n) is 15.9. The van der Waals surface area contributed by atoms with Crippen LogP contribution in [-0.4, -0.2) is 32.7 Å². The number of anilines is 1. The van der Waals surface area contributed by atoms with E-state index in [0.29, 0.717) is 10.3 Å². The number of hydrogen-bond donors (Lipinski definition) is 1. The topological polar surface area (TPSA) is 86.1 Å². The van der Waals surface area contributed by atoms with Crippen molar-refractivity contribution in [2.45, 2.75) is 26.9 Å². The van der Waals surface area contributed by atoms with Crippen molar-refractivity contribution in [1.29, 1.82) is 0 Å². The monoisotopic (exact) mass is 460 g/mol. The van der Waals surface area contributed by atoms with Crippen LogP contribution in [0.2, 0.25) is 0 Å². The molecule has 1 amide bonds. The van der Waals surface area contributed by atoms with Crippen molar-refractivity contribution in [1.82, 2.24) is 14.8 Å². The zero-order chi connectivity index (χ0) is 21.1. The highest BCUT2D eigenvalue weighted by molar-refractivity contribution is 9.10. The SMILES string of the molecule is Cc1cc(C)n(-c2ccc(C(=O)OC(C)C(=O)Nc3ccc(Br)cc3F)cn2)n1. The minimum absolute atomic E-state index is 0.00277. The summed E-state index contributed by atoms with van der Waals surface area (Å²) in [5.74, 6) is -1.40. The number of ether oxygens (including phenoxy) is 1. The number of carbonyl (C=O) groups is 2. The van der Waals surface area contributed by atoms with E-state index in [1.165, 1.54) is 25.3 Å². The van der Waals surface area contributed by atoms with Crippen LogP contribution in [0.1, 0.15) is 28.7 Å². The van der Waals surface area contributed by atoms with Gasteiger partial charge in [0.15, 0.2) is 11.9 Å². The third-order valence-corrected chi connectivity index (χ3v) is 4.55. The number of hydrogen-bond acceptors (Lipinski definition) is 5. The number of esters is 1. The molecule has 0 bridgehead atoms. The highest BCUT2D eigenvalue weighted by atomic mass is 79.9. The predicted octanol–water partition coefficient (Wildman–Crippen LogP) is 3.97. The van der Waals surface area contributed by atoms with Crippen LogP contribution >= 0.6 is 15.9 Å². The fourth-order valence-electron chi connectivity index (χ4n) is 2.60. The summed E-state index contributed by atoms with van der Waals surface area (Å²) in [6.07, 6.45) is 0.230. The molecule has 0 saturated carbocycles. The maximum atomic E-state index is 13.8. The molecule has 0 fully saturated rings. The number of amides is 1. The summed E-state index contributed by atoms with van der Waals surface area (Å²) in [4.78, 5) is 28.7. The van der Waals surface area contributed by atoms with Crippen LogP contribution in [0.5, 0.6) is 0 Å². The predicted molar refractivity (Wildman–Crippen MR) is 108 cm³/mol. The molecule has 2 aromatic heterocycles. The van der Waals surface area contributed by atoms with Gasteiger partial charge in [-0.3, -0.25) is 4.79 Å². The van der Waals surface area contributed by atoms with Gasteiger partial charge in [-0.05, 0) is 57.2 Å². The molecule has 3 aromatic rings. The standard InChI is InChI=1S/C20H18BrFN4O3/c1-11-8-12(2)26(25-11)18-7-4-14(10-23-18)20(28)29-13(3)19(27)24-17-6-5-15(21)9-16(17)22/h4-10,13H,1-3H3,(H,24,27). The van der Waals surface area contributed by atoms with Crippen LogP contribution in [0.4, 0.5) is 10.1 Å². The lowest BCUT2D eigenvalue weighted by molar-refractivity contribution is -0.123. The molecule has 1 aromatic carbocycles. The molecule has 3 rings (SSSR count). The molecule has 9 heteroatoms. The molecule has 7 nitrogen and oxygen atoms in total. The van der Waals surface area contributed by atoms with Gasteiger partial charge in [-0.2, -0.15) is 5.10 Å². The summed E-state index contributed by atoms with van der Waals surface area (Å²) in [5, 5.41) is 6.72. The Hall–Kier alpha value is -3.07. The van der Waals surface area contributed by atoms with Crippen molar-refractivity contribution in [3.8, 4) is 5.82 Å². The number of nitrogens with zero attached hydrogens (tertiary/aromatic N) is 3. The molecule has 0 aliphatic carbocycles. The summed E-state index contributed by atoms with van der Waals surface area (Å²) in [6.45, 7) is 5.18. The van der Waals surface area contributed by atoms with Gasteiger partial charge in [0.05, 0.1) is 16.9 Å². The number of benzene rings is 1. The first-order chi connectivity index (χ1) is 13.7. The van der Waals surface area contributed by atoms with Crippen LogP contribution in [-0.2, 0) is 9.53 Å². The van der Waals surface area contributed by atoms with Gasteiger partial charge in [-0.15, -0.1) is 0 Å². The fraction of sp³-hybridized carbons (Fsp3) is 0.200. The van der Waals surface area contributed by atoms with Crippen molar-refractivity contribution >= 4 is 33.5 Å². The van der Waals surface area contributed by atoms with E-state index in [0.717, 1.165) is 11.4 Å². The number of halogens is 2. The van der Waals surface area contributed by atoms with E-state index < -0.39 is 23.8 Å². The van der Waals surface area contributed by atoms with E-state index in [1.54, 1.807) is 22.9 Å². The Labute approximate surface area is 175 Å². The third-order valence-electron chi connectivity index (χ3n) is 4.05. The second kappa shape index (κ2) is 8.52. The van der Waals surface area contributed by atoms with Crippen LogP contribution < -0.4 is 5.32 Å². The quantitative estimate of drug-likeness (QED) is 0.582. The second-order valence-electron chi connectivity index (χ2n) is 6.40. The summed E-state index contributed by atoms with van der Waals surface area (Å²) < 4.78 is 21.2. The smallest absolute Gasteiger partial charge is 0.340 e. The van der Waals surface area contributed by atoms with Gasteiger partial charge >= 0.3 is 5.97 Å². The van der Waals surface area contributed by atoms with E-state index >= 15 is 0 Å². The van der Waals surface area contributed by atoms with Crippen molar-refractivity contribution < 1.29 is 18.7 Å². The van der Waals surface area contributed by atoms with Crippen LogP contribution in [0.25, 0.3) is 5.82 Å². The lowest BCUT2D eigenvalue weighted by Gasteiger charge is -2.14. The third kappa shape index (κ3) is 4.86. The number of aromatic nitrogens is 3. The average molecular weight is 461 g/mol. The normalized spacial score (nSPS) is 11.8. The second-order valence-corrected chi connectivity index (χ2v) is 7.32. The number of carbonyl (C=O) groups excluding carboxylic acids is 2. The Balaban J connectivity index is 1.64. The molecule has 0 aliphatic heterocycles. The van der Waals surface area contributed by atoms with E-state index in [-0.39, 0.29) is 11.3 Å². The van der Waals surface area contributed by atoms with Crippen LogP contribution in [0, 0.1) is 19.7 Å². The molecule has 0 spiro atoms. The van der Waals surface area contributed by atoms with Crippen molar-refractivity contribution in [3.63, 3.8) is 0 Å². The minimum Gasteiger partial charge on any atom is -0.449 e. The van der Waals surface area contributed by atoms with Gasteiger partial charge < -0.3 is 10.1 Å². The molecular formula is C20H18BrFN4O3. The van der Waals surface area contributed by atoms with E-state index in [9.17, 15) is 14.0 Å². The summed E-state index contributed by atoms with van der Waals surface area (Å²) in [5.41, 5.74) is 1.95. The van der Waals surface area contributed by atoms with Gasteiger partial charge in [0.2, 0.25) is 0 Å². The molecule has 1 unspecified atom stereocenters. The molecule has 29 heavy (non-hydrogen) atoms. The Morgan fingerprint density at radius 3 is 2.55 bits per heavy atom. The average Bonchev–Trinajstić information content (AvgIpc) is 3.02. The molecule has 1 N–H and O–H groups in total. The molecule has 0 radical (unpaired) electrons. The number of nitrogens with one attached hydrogen (secondary N) is 1. The van der Waals surface area contributed by atoms with Gasteiger partial charge in [-0.1, -0.05) is 15.9 Å². The fourth-order valence-corrected chi connectivity index (χ4v) is 2.93. The Morgan fingerprint density at radius 2 is 1.97 bits per heavy atom. The van der Waals surface area contributed by atoms with Gasteiger partial charge in [0.1, 0.15) is 5.82 Å². The highest BCUT2D eigenvalue weighted by Gasteiger charge is 2.20. The number of pyridine rings is 1. The molecular weight excluding hydrogens is 443 g/mol. The van der Waals surface area contributed by atoms with Crippen molar-refractivity contribution in [2.24, 2.45) is 0 Å².